The zero-order valence-electron chi connectivity index (χ0n) is 20.9. The second-order valence-electron chi connectivity index (χ2n) is 9.09. The van der Waals surface area contributed by atoms with Crippen molar-refractivity contribution in [2.45, 2.75) is 6.10 Å². The SMILES string of the molecule is CN(C)CCOc1ccc(-c2cccc3c(N)nc(Nc4ccc(C5CNCCO5)nc4)nc23)c(F)c1. The summed E-state index contributed by atoms with van der Waals surface area (Å²) in [5.41, 5.74) is 9.39. The first kappa shape index (κ1) is 24.8. The molecule has 4 N–H and O–H groups in total. The van der Waals surface area contributed by atoms with Crippen molar-refractivity contribution in [3.63, 3.8) is 0 Å². The van der Waals surface area contributed by atoms with E-state index in [1.54, 1.807) is 18.3 Å². The highest BCUT2D eigenvalue weighted by Gasteiger charge is 2.17. The fourth-order valence-electron chi connectivity index (χ4n) is 4.15. The lowest BCUT2D eigenvalue weighted by atomic mass is 10.0. The Hall–Kier alpha value is -3.86. The lowest BCUT2D eigenvalue weighted by Crippen LogP contribution is -2.33. The van der Waals surface area contributed by atoms with E-state index in [2.05, 4.69) is 25.6 Å². The average Bonchev–Trinajstić information content (AvgIpc) is 2.90. The highest BCUT2D eigenvalue weighted by atomic mass is 19.1. The Labute approximate surface area is 214 Å². The van der Waals surface area contributed by atoms with Crippen molar-refractivity contribution in [3.05, 3.63) is 66.2 Å². The Bertz CT molecular complexity index is 1380. The highest BCUT2D eigenvalue weighted by Crippen LogP contribution is 2.33. The predicted molar refractivity (Wildman–Crippen MR) is 142 cm³/mol. The summed E-state index contributed by atoms with van der Waals surface area (Å²) in [6.45, 7) is 3.44. The molecule has 2 aromatic carbocycles. The number of morpholine rings is 1. The molecule has 1 atom stereocenters. The minimum atomic E-state index is -0.402. The largest absolute Gasteiger partial charge is 0.492 e. The van der Waals surface area contributed by atoms with E-state index in [1.165, 1.54) is 6.07 Å². The third-order valence-electron chi connectivity index (χ3n) is 6.09. The van der Waals surface area contributed by atoms with Crippen molar-refractivity contribution >= 4 is 28.4 Å². The molecule has 192 valence electrons. The van der Waals surface area contributed by atoms with Crippen molar-refractivity contribution < 1.29 is 13.9 Å². The maximum atomic E-state index is 15.2. The molecule has 3 heterocycles. The van der Waals surface area contributed by atoms with Crippen LogP contribution in [0.2, 0.25) is 0 Å². The molecule has 0 amide bonds. The molecule has 1 aliphatic heterocycles. The monoisotopic (exact) mass is 503 g/mol. The van der Waals surface area contributed by atoms with Crippen molar-refractivity contribution in [1.29, 1.82) is 0 Å². The molecule has 0 spiro atoms. The van der Waals surface area contributed by atoms with E-state index in [-0.39, 0.29) is 6.10 Å². The van der Waals surface area contributed by atoms with E-state index in [1.807, 2.05) is 49.3 Å². The Kier molecular flexibility index (Phi) is 7.40. The molecule has 1 unspecified atom stereocenters. The van der Waals surface area contributed by atoms with Gasteiger partial charge in [-0.15, -0.1) is 0 Å². The predicted octanol–water partition coefficient (Wildman–Crippen LogP) is 3.76. The third kappa shape index (κ3) is 5.77. The van der Waals surface area contributed by atoms with E-state index in [0.717, 1.165) is 25.3 Å². The first-order chi connectivity index (χ1) is 18.0. The zero-order valence-corrected chi connectivity index (χ0v) is 20.9. The Morgan fingerprint density at radius 1 is 1.16 bits per heavy atom. The van der Waals surface area contributed by atoms with Gasteiger partial charge < -0.3 is 30.7 Å². The molecule has 1 fully saturated rings. The zero-order chi connectivity index (χ0) is 25.8. The second kappa shape index (κ2) is 11.0. The molecule has 10 heteroatoms. The highest BCUT2D eigenvalue weighted by molar-refractivity contribution is 5.99. The number of para-hydroxylation sites is 1. The number of likely N-dealkylation sites (N-methyl/N-ethyl adjacent to an activating group) is 1. The summed E-state index contributed by atoms with van der Waals surface area (Å²) in [4.78, 5) is 15.6. The Balaban J connectivity index is 1.41. The average molecular weight is 504 g/mol. The molecule has 0 bridgehead atoms. The third-order valence-corrected chi connectivity index (χ3v) is 6.09. The number of ether oxygens (including phenoxy) is 2. The Morgan fingerprint density at radius 2 is 2.05 bits per heavy atom. The van der Waals surface area contributed by atoms with E-state index in [9.17, 15) is 0 Å². The van der Waals surface area contributed by atoms with E-state index >= 15 is 4.39 Å². The molecule has 0 radical (unpaired) electrons. The number of rotatable bonds is 8. The van der Waals surface area contributed by atoms with Crippen LogP contribution < -0.4 is 21.1 Å². The van der Waals surface area contributed by atoms with E-state index in [0.29, 0.717) is 58.4 Å². The van der Waals surface area contributed by atoms with Crippen LogP contribution in [0.1, 0.15) is 11.8 Å². The van der Waals surface area contributed by atoms with Gasteiger partial charge in [0.05, 0.1) is 29.7 Å². The molecular weight excluding hydrogens is 473 g/mol. The molecule has 0 aliphatic carbocycles. The lowest BCUT2D eigenvalue weighted by Gasteiger charge is -2.23. The van der Waals surface area contributed by atoms with Gasteiger partial charge in [0, 0.05) is 42.2 Å². The molecule has 9 nitrogen and oxygen atoms in total. The molecular formula is C27H30FN7O2. The maximum absolute atomic E-state index is 15.2. The minimum Gasteiger partial charge on any atom is -0.492 e. The number of fused-ring (bicyclic) bond motifs is 1. The van der Waals surface area contributed by atoms with E-state index < -0.39 is 5.82 Å². The maximum Gasteiger partial charge on any atom is 0.229 e. The van der Waals surface area contributed by atoms with Crippen LogP contribution in [-0.4, -0.2) is 66.8 Å². The van der Waals surface area contributed by atoms with Crippen LogP contribution >= 0.6 is 0 Å². The van der Waals surface area contributed by atoms with Crippen LogP contribution in [0.4, 0.5) is 21.8 Å². The summed E-state index contributed by atoms with van der Waals surface area (Å²) in [6.07, 6.45) is 1.63. The lowest BCUT2D eigenvalue weighted by molar-refractivity contribution is 0.0250. The first-order valence-corrected chi connectivity index (χ1v) is 12.2. The number of nitrogens with one attached hydrogen (secondary N) is 2. The summed E-state index contributed by atoms with van der Waals surface area (Å²) in [7, 11) is 3.92. The molecule has 1 aliphatic rings. The summed E-state index contributed by atoms with van der Waals surface area (Å²) in [5, 5.41) is 7.11. The van der Waals surface area contributed by atoms with Crippen LogP contribution in [0.3, 0.4) is 0 Å². The van der Waals surface area contributed by atoms with Gasteiger partial charge in [0.25, 0.3) is 0 Å². The van der Waals surface area contributed by atoms with Gasteiger partial charge in [-0.25, -0.2) is 9.37 Å². The number of nitrogen functional groups attached to an aromatic ring is 1. The summed E-state index contributed by atoms with van der Waals surface area (Å²) >= 11 is 0. The number of benzene rings is 2. The van der Waals surface area contributed by atoms with Crippen molar-refractivity contribution in [3.8, 4) is 16.9 Å². The van der Waals surface area contributed by atoms with Crippen molar-refractivity contribution in [2.24, 2.45) is 0 Å². The number of aromatic nitrogens is 3. The van der Waals surface area contributed by atoms with Gasteiger partial charge in [-0.1, -0.05) is 12.1 Å². The van der Waals surface area contributed by atoms with Crippen LogP contribution in [0, 0.1) is 5.82 Å². The van der Waals surface area contributed by atoms with Gasteiger partial charge in [0.1, 0.15) is 30.1 Å². The van der Waals surface area contributed by atoms with Crippen molar-refractivity contribution in [1.82, 2.24) is 25.2 Å². The second-order valence-corrected chi connectivity index (χ2v) is 9.09. The standard InChI is InChI=1S/C27H30FN7O2/c1-35(2)11-13-36-18-7-8-19(22(28)14-18)20-4-3-5-21-25(20)33-27(34-26(21)29)32-17-6-9-23(31-15-17)24-16-30-10-12-37-24/h3-9,14-15,24,30H,10-13,16H2,1-2H3,(H3,29,32,33,34). The quantitative estimate of drug-likeness (QED) is 0.331. The van der Waals surface area contributed by atoms with Gasteiger partial charge in [-0.05, 0) is 44.4 Å². The summed E-state index contributed by atoms with van der Waals surface area (Å²) < 4.78 is 26.6. The van der Waals surface area contributed by atoms with E-state index in [4.69, 9.17) is 15.2 Å². The smallest absolute Gasteiger partial charge is 0.229 e. The number of anilines is 3. The van der Waals surface area contributed by atoms with Crippen LogP contribution in [0.15, 0.2) is 54.7 Å². The first-order valence-electron chi connectivity index (χ1n) is 12.2. The molecule has 4 aromatic rings. The number of hydrogen-bond donors (Lipinski definition) is 3. The number of nitrogens with zero attached hydrogens (tertiary/aromatic N) is 4. The van der Waals surface area contributed by atoms with Gasteiger partial charge in [-0.3, -0.25) is 4.98 Å². The number of halogens is 1. The van der Waals surface area contributed by atoms with Crippen LogP contribution in [0.25, 0.3) is 22.0 Å². The van der Waals surface area contributed by atoms with Gasteiger partial charge in [0.2, 0.25) is 5.95 Å². The molecule has 2 aromatic heterocycles. The van der Waals surface area contributed by atoms with Gasteiger partial charge >= 0.3 is 0 Å². The molecule has 5 rings (SSSR count). The normalized spacial score (nSPS) is 15.7. The van der Waals surface area contributed by atoms with Crippen LogP contribution in [0.5, 0.6) is 5.75 Å². The molecule has 1 saturated heterocycles. The van der Waals surface area contributed by atoms with Crippen molar-refractivity contribution in [2.75, 3.05) is 58.0 Å². The van der Waals surface area contributed by atoms with Gasteiger partial charge in [0.15, 0.2) is 0 Å². The number of hydrogen-bond acceptors (Lipinski definition) is 9. The number of nitrogens with two attached hydrogens (primary N) is 1. The Morgan fingerprint density at radius 3 is 2.78 bits per heavy atom. The van der Waals surface area contributed by atoms with Crippen LogP contribution in [-0.2, 0) is 4.74 Å². The fourth-order valence-corrected chi connectivity index (χ4v) is 4.15. The summed E-state index contributed by atoms with van der Waals surface area (Å²) in [6, 6.07) is 14.1. The molecule has 0 saturated carbocycles. The number of pyridine rings is 1. The minimum absolute atomic E-state index is 0.0717. The topological polar surface area (TPSA) is 110 Å². The summed E-state index contributed by atoms with van der Waals surface area (Å²) in [5.74, 6) is 0.669. The van der Waals surface area contributed by atoms with Gasteiger partial charge in [-0.2, -0.15) is 4.98 Å². The fraction of sp³-hybridized carbons (Fsp3) is 0.296. The molecule has 37 heavy (non-hydrogen) atoms.